The standard InChI is InChI=1S/C15H12ClNO2S/c16-13-5-4-11(3-1-2-7-18)14(9-13)17-15(19)12-6-8-20-10-12/h4-6,8-10,18H,2,7H2,(H,17,19). The summed E-state index contributed by atoms with van der Waals surface area (Å²) in [5.41, 5.74) is 1.84. The third-order valence-electron chi connectivity index (χ3n) is 2.47. The number of halogens is 1. The molecule has 2 rings (SSSR count). The van der Waals surface area contributed by atoms with Crippen LogP contribution in [0, 0.1) is 11.8 Å². The van der Waals surface area contributed by atoms with Crippen LogP contribution in [0.1, 0.15) is 22.3 Å². The van der Waals surface area contributed by atoms with E-state index in [0.717, 1.165) is 0 Å². The SMILES string of the molecule is O=C(Nc1cc(Cl)ccc1C#CCCO)c1ccsc1. The first-order valence-electron chi connectivity index (χ1n) is 5.93. The molecule has 0 aliphatic rings. The van der Waals surface area contributed by atoms with Crippen molar-refractivity contribution < 1.29 is 9.90 Å². The Morgan fingerprint density at radius 3 is 2.95 bits per heavy atom. The molecule has 0 fully saturated rings. The molecule has 0 aliphatic heterocycles. The Labute approximate surface area is 126 Å². The van der Waals surface area contributed by atoms with E-state index in [0.29, 0.717) is 28.3 Å². The zero-order chi connectivity index (χ0) is 14.4. The third-order valence-corrected chi connectivity index (χ3v) is 3.39. The number of benzene rings is 1. The average molecular weight is 306 g/mol. The van der Waals surface area contributed by atoms with Gasteiger partial charge in [0.2, 0.25) is 0 Å². The lowest BCUT2D eigenvalue weighted by atomic mass is 10.1. The van der Waals surface area contributed by atoms with Crippen molar-refractivity contribution in [2.24, 2.45) is 0 Å². The number of hydrogen-bond acceptors (Lipinski definition) is 3. The van der Waals surface area contributed by atoms with Gasteiger partial charge in [-0.1, -0.05) is 23.4 Å². The maximum atomic E-state index is 12.0. The lowest BCUT2D eigenvalue weighted by molar-refractivity contribution is 0.102. The quantitative estimate of drug-likeness (QED) is 0.854. The normalized spacial score (nSPS) is 9.70. The smallest absolute Gasteiger partial charge is 0.256 e. The molecule has 1 aromatic carbocycles. The molecule has 0 saturated carbocycles. The van der Waals surface area contributed by atoms with E-state index in [1.54, 1.807) is 29.6 Å². The first-order chi connectivity index (χ1) is 9.70. The Hall–Kier alpha value is -1.80. The molecule has 2 aromatic rings. The predicted octanol–water partition coefficient (Wildman–Crippen LogP) is 3.39. The Bertz CT molecular complexity index is 656. The van der Waals surface area contributed by atoms with Crippen molar-refractivity contribution in [1.82, 2.24) is 0 Å². The molecular formula is C15H12ClNO2S. The second-order valence-corrected chi connectivity index (χ2v) is 5.15. The minimum absolute atomic E-state index is 0.0111. The van der Waals surface area contributed by atoms with E-state index in [4.69, 9.17) is 16.7 Å². The van der Waals surface area contributed by atoms with Gasteiger partial charge in [0.15, 0.2) is 0 Å². The largest absolute Gasteiger partial charge is 0.395 e. The van der Waals surface area contributed by atoms with Crippen LogP contribution >= 0.6 is 22.9 Å². The monoisotopic (exact) mass is 305 g/mol. The Kier molecular flexibility index (Phi) is 5.19. The summed E-state index contributed by atoms with van der Waals surface area (Å²) in [6.07, 6.45) is 0.389. The predicted molar refractivity (Wildman–Crippen MR) is 82.3 cm³/mol. The van der Waals surface area contributed by atoms with Crippen molar-refractivity contribution in [2.75, 3.05) is 11.9 Å². The topological polar surface area (TPSA) is 49.3 Å². The Balaban J connectivity index is 2.24. The van der Waals surface area contributed by atoms with Gasteiger partial charge in [0, 0.05) is 22.4 Å². The molecule has 5 heteroatoms. The van der Waals surface area contributed by atoms with Crippen LogP contribution in [-0.2, 0) is 0 Å². The van der Waals surface area contributed by atoms with E-state index in [1.165, 1.54) is 11.3 Å². The number of aliphatic hydroxyl groups excluding tert-OH is 1. The second kappa shape index (κ2) is 7.11. The van der Waals surface area contributed by atoms with Crippen molar-refractivity contribution in [1.29, 1.82) is 0 Å². The average Bonchev–Trinajstić information content (AvgIpc) is 2.95. The maximum absolute atomic E-state index is 12.0. The highest BCUT2D eigenvalue weighted by molar-refractivity contribution is 7.08. The molecule has 0 radical (unpaired) electrons. The number of anilines is 1. The summed E-state index contributed by atoms with van der Waals surface area (Å²) < 4.78 is 0. The summed E-state index contributed by atoms with van der Waals surface area (Å²) >= 11 is 7.41. The van der Waals surface area contributed by atoms with Crippen molar-refractivity contribution in [3.05, 3.63) is 51.2 Å². The third kappa shape index (κ3) is 3.84. The highest BCUT2D eigenvalue weighted by Gasteiger charge is 2.09. The number of hydrogen-bond donors (Lipinski definition) is 2. The van der Waals surface area contributed by atoms with Gasteiger partial charge in [-0.3, -0.25) is 4.79 Å². The molecule has 3 nitrogen and oxygen atoms in total. The minimum atomic E-state index is -0.196. The Morgan fingerprint density at radius 2 is 2.25 bits per heavy atom. The summed E-state index contributed by atoms with van der Waals surface area (Å²) in [7, 11) is 0. The van der Waals surface area contributed by atoms with Crippen molar-refractivity contribution >= 4 is 34.5 Å². The molecule has 20 heavy (non-hydrogen) atoms. The van der Waals surface area contributed by atoms with Gasteiger partial charge in [0.25, 0.3) is 5.91 Å². The highest BCUT2D eigenvalue weighted by Crippen LogP contribution is 2.21. The van der Waals surface area contributed by atoms with Crippen LogP contribution in [0.4, 0.5) is 5.69 Å². The zero-order valence-corrected chi connectivity index (χ0v) is 12.1. The van der Waals surface area contributed by atoms with Gasteiger partial charge >= 0.3 is 0 Å². The molecule has 0 saturated heterocycles. The van der Waals surface area contributed by atoms with Gasteiger partial charge < -0.3 is 10.4 Å². The maximum Gasteiger partial charge on any atom is 0.256 e. The molecule has 0 atom stereocenters. The fourth-order valence-corrected chi connectivity index (χ4v) is 2.34. The van der Waals surface area contributed by atoms with E-state index in [2.05, 4.69) is 17.2 Å². The lowest BCUT2D eigenvalue weighted by Gasteiger charge is -2.07. The van der Waals surface area contributed by atoms with Crippen LogP contribution < -0.4 is 5.32 Å². The number of carbonyl (C=O) groups is 1. The molecule has 2 N–H and O–H groups in total. The van der Waals surface area contributed by atoms with Gasteiger partial charge in [-0.2, -0.15) is 11.3 Å². The van der Waals surface area contributed by atoms with E-state index in [9.17, 15) is 4.79 Å². The molecule has 1 amide bonds. The summed E-state index contributed by atoms with van der Waals surface area (Å²) in [5.74, 6) is 5.54. The van der Waals surface area contributed by atoms with Crippen molar-refractivity contribution in [3.63, 3.8) is 0 Å². The summed E-state index contributed by atoms with van der Waals surface area (Å²) in [5, 5.41) is 15.7. The summed E-state index contributed by atoms with van der Waals surface area (Å²) in [6, 6.07) is 6.87. The van der Waals surface area contributed by atoms with Gasteiger partial charge in [0.1, 0.15) is 0 Å². The van der Waals surface area contributed by atoms with Crippen molar-refractivity contribution in [3.8, 4) is 11.8 Å². The fourth-order valence-electron chi connectivity index (χ4n) is 1.53. The molecule has 0 unspecified atom stereocenters. The van der Waals surface area contributed by atoms with Crippen LogP contribution in [-0.4, -0.2) is 17.6 Å². The second-order valence-electron chi connectivity index (χ2n) is 3.93. The highest BCUT2D eigenvalue weighted by atomic mass is 35.5. The van der Waals surface area contributed by atoms with E-state index < -0.39 is 0 Å². The molecule has 0 bridgehead atoms. The Morgan fingerprint density at radius 1 is 1.40 bits per heavy atom. The molecule has 0 aliphatic carbocycles. The van der Waals surface area contributed by atoms with Gasteiger partial charge in [-0.05, 0) is 29.6 Å². The molecule has 0 spiro atoms. The molecule has 1 heterocycles. The molecule has 1 aromatic heterocycles. The van der Waals surface area contributed by atoms with Crippen LogP contribution in [0.2, 0.25) is 5.02 Å². The van der Waals surface area contributed by atoms with Crippen LogP contribution in [0.3, 0.4) is 0 Å². The van der Waals surface area contributed by atoms with Crippen LogP contribution in [0.25, 0.3) is 0 Å². The van der Waals surface area contributed by atoms with E-state index in [1.807, 2.05) is 5.38 Å². The minimum Gasteiger partial charge on any atom is -0.395 e. The first-order valence-corrected chi connectivity index (χ1v) is 7.25. The van der Waals surface area contributed by atoms with Gasteiger partial charge in [0.05, 0.1) is 17.9 Å². The van der Waals surface area contributed by atoms with Gasteiger partial charge in [-0.25, -0.2) is 0 Å². The van der Waals surface area contributed by atoms with Gasteiger partial charge in [-0.15, -0.1) is 0 Å². The zero-order valence-electron chi connectivity index (χ0n) is 10.5. The van der Waals surface area contributed by atoms with Crippen LogP contribution in [0.15, 0.2) is 35.0 Å². The number of amides is 1. The summed E-state index contributed by atoms with van der Waals surface area (Å²) in [6.45, 7) is 0.0111. The van der Waals surface area contributed by atoms with E-state index in [-0.39, 0.29) is 12.5 Å². The van der Waals surface area contributed by atoms with E-state index >= 15 is 0 Å². The number of thiophene rings is 1. The molecular weight excluding hydrogens is 294 g/mol. The molecule has 102 valence electrons. The number of nitrogens with one attached hydrogen (secondary N) is 1. The number of carbonyl (C=O) groups excluding carboxylic acids is 1. The first kappa shape index (κ1) is 14.6. The number of aliphatic hydroxyl groups is 1. The summed E-state index contributed by atoms with van der Waals surface area (Å²) in [4.78, 5) is 12.0. The lowest BCUT2D eigenvalue weighted by Crippen LogP contribution is -2.11. The number of rotatable bonds is 3. The van der Waals surface area contributed by atoms with Crippen molar-refractivity contribution in [2.45, 2.75) is 6.42 Å². The fraction of sp³-hybridized carbons (Fsp3) is 0.133. The van der Waals surface area contributed by atoms with Crippen LogP contribution in [0.5, 0.6) is 0 Å².